The molecular formula is C26H46N6O6. The molecule has 1 aliphatic rings. The SMILES string of the molecule is CC(C)=C(NC(=O)[C@@H](NC(=O)[C@@H](CC1CCCCC1)NC(=O)N[C@@H](CCCCN)C(=O)O)C(C)C)C(N)=O. The zero-order valence-electron chi connectivity index (χ0n) is 23.1. The molecule has 5 amide bonds. The lowest BCUT2D eigenvalue weighted by atomic mass is 9.84. The van der Waals surface area contributed by atoms with E-state index >= 15 is 0 Å². The normalized spacial score (nSPS) is 16.1. The first kappa shape index (κ1) is 32.9. The Balaban J connectivity index is 3.04. The fourth-order valence-corrected chi connectivity index (χ4v) is 4.52. The first-order valence-electron chi connectivity index (χ1n) is 13.5. The van der Waals surface area contributed by atoms with Gasteiger partial charge in [0.15, 0.2) is 0 Å². The highest BCUT2D eigenvalue weighted by molar-refractivity contribution is 5.99. The second-order valence-electron chi connectivity index (χ2n) is 10.5. The summed E-state index contributed by atoms with van der Waals surface area (Å²) in [7, 11) is 0. The second kappa shape index (κ2) is 16.6. The Bertz CT molecular complexity index is 864. The molecule has 0 saturated heterocycles. The van der Waals surface area contributed by atoms with Crippen molar-refractivity contribution in [2.45, 2.75) is 104 Å². The van der Waals surface area contributed by atoms with Gasteiger partial charge in [-0.15, -0.1) is 0 Å². The summed E-state index contributed by atoms with van der Waals surface area (Å²) < 4.78 is 0. The zero-order valence-corrected chi connectivity index (χ0v) is 23.1. The van der Waals surface area contributed by atoms with Gasteiger partial charge in [0.1, 0.15) is 23.8 Å². The van der Waals surface area contributed by atoms with Crippen LogP contribution in [0.2, 0.25) is 0 Å². The van der Waals surface area contributed by atoms with Crippen molar-refractivity contribution in [3.05, 3.63) is 11.3 Å². The fourth-order valence-electron chi connectivity index (χ4n) is 4.52. The van der Waals surface area contributed by atoms with Crippen LogP contribution in [0.4, 0.5) is 4.79 Å². The average molecular weight is 539 g/mol. The number of nitrogens with one attached hydrogen (secondary N) is 4. The molecule has 0 bridgehead atoms. The Kier molecular flexibility index (Phi) is 14.4. The van der Waals surface area contributed by atoms with Crippen molar-refractivity contribution in [3.8, 4) is 0 Å². The number of carbonyl (C=O) groups is 5. The third kappa shape index (κ3) is 11.5. The van der Waals surface area contributed by atoms with Gasteiger partial charge in [-0.2, -0.15) is 0 Å². The van der Waals surface area contributed by atoms with E-state index in [1.54, 1.807) is 27.7 Å². The van der Waals surface area contributed by atoms with Gasteiger partial charge in [0.25, 0.3) is 5.91 Å². The highest BCUT2D eigenvalue weighted by Crippen LogP contribution is 2.27. The molecule has 9 N–H and O–H groups in total. The van der Waals surface area contributed by atoms with Crippen LogP contribution in [0.3, 0.4) is 0 Å². The van der Waals surface area contributed by atoms with E-state index in [1.807, 2.05) is 0 Å². The van der Waals surface area contributed by atoms with E-state index in [0.29, 0.717) is 31.4 Å². The Labute approximate surface area is 225 Å². The molecule has 3 atom stereocenters. The maximum Gasteiger partial charge on any atom is 0.326 e. The maximum absolute atomic E-state index is 13.4. The van der Waals surface area contributed by atoms with Gasteiger partial charge < -0.3 is 37.8 Å². The summed E-state index contributed by atoms with van der Waals surface area (Å²) in [5.41, 5.74) is 11.3. The van der Waals surface area contributed by atoms with Gasteiger partial charge in [-0.05, 0) is 63.5 Å². The number of aliphatic carboxylic acids is 1. The Morgan fingerprint density at radius 2 is 1.50 bits per heavy atom. The smallest absolute Gasteiger partial charge is 0.326 e. The molecule has 12 nitrogen and oxygen atoms in total. The topological polar surface area (TPSA) is 206 Å². The van der Waals surface area contributed by atoms with E-state index in [2.05, 4.69) is 21.3 Å². The summed E-state index contributed by atoms with van der Waals surface area (Å²) in [5.74, 6) is -3.26. The molecule has 0 heterocycles. The minimum absolute atomic E-state index is 0.0412. The van der Waals surface area contributed by atoms with Crippen LogP contribution >= 0.6 is 0 Å². The minimum atomic E-state index is -1.17. The van der Waals surface area contributed by atoms with Crippen LogP contribution in [-0.2, 0) is 19.2 Å². The summed E-state index contributed by atoms with van der Waals surface area (Å²) in [6.07, 6.45) is 6.74. The molecule has 38 heavy (non-hydrogen) atoms. The van der Waals surface area contributed by atoms with E-state index in [9.17, 15) is 29.1 Å². The lowest BCUT2D eigenvalue weighted by Crippen LogP contribution is -2.58. The molecule has 216 valence electrons. The number of nitrogens with two attached hydrogens (primary N) is 2. The number of amides is 5. The van der Waals surface area contributed by atoms with Crippen molar-refractivity contribution in [2.24, 2.45) is 23.3 Å². The molecule has 1 aliphatic carbocycles. The monoisotopic (exact) mass is 538 g/mol. The van der Waals surface area contributed by atoms with E-state index in [4.69, 9.17) is 11.5 Å². The van der Waals surface area contributed by atoms with Gasteiger partial charge in [-0.1, -0.05) is 46.0 Å². The molecule has 1 saturated carbocycles. The van der Waals surface area contributed by atoms with E-state index in [1.165, 1.54) is 0 Å². The first-order valence-corrected chi connectivity index (χ1v) is 13.5. The van der Waals surface area contributed by atoms with Crippen LogP contribution in [0.15, 0.2) is 11.3 Å². The van der Waals surface area contributed by atoms with Crippen molar-refractivity contribution >= 4 is 29.7 Å². The van der Waals surface area contributed by atoms with Crippen molar-refractivity contribution in [2.75, 3.05) is 6.54 Å². The Morgan fingerprint density at radius 3 is 2.00 bits per heavy atom. The number of rotatable bonds is 15. The third-order valence-corrected chi connectivity index (χ3v) is 6.71. The summed E-state index contributed by atoms with van der Waals surface area (Å²) in [4.78, 5) is 62.5. The van der Waals surface area contributed by atoms with Gasteiger partial charge >= 0.3 is 12.0 Å². The van der Waals surface area contributed by atoms with E-state index in [-0.39, 0.29) is 24.0 Å². The van der Waals surface area contributed by atoms with Crippen LogP contribution < -0.4 is 32.7 Å². The lowest BCUT2D eigenvalue weighted by molar-refractivity contribution is -0.139. The number of unbranched alkanes of at least 4 members (excludes halogenated alkanes) is 1. The highest BCUT2D eigenvalue weighted by atomic mass is 16.4. The molecule has 0 aromatic heterocycles. The molecule has 0 radical (unpaired) electrons. The Morgan fingerprint density at radius 1 is 0.895 bits per heavy atom. The molecular weight excluding hydrogens is 492 g/mol. The van der Waals surface area contributed by atoms with Crippen LogP contribution in [0.5, 0.6) is 0 Å². The average Bonchev–Trinajstić information content (AvgIpc) is 2.84. The van der Waals surface area contributed by atoms with Crippen molar-refractivity contribution in [3.63, 3.8) is 0 Å². The lowest BCUT2D eigenvalue weighted by Gasteiger charge is -2.29. The van der Waals surface area contributed by atoms with Gasteiger partial charge in [-0.3, -0.25) is 14.4 Å². The number of urea groups is 1. The predicted molar refractivity (Wildman–Crippen MR) is 143 cm³/mol. The molecule has 0 aliphatic heterocycles. The number of primary amides is 1. The number of carboxylic acid groups (broad SMARTS) is 1. The molecule has 0 aromatic rings. The standard InChI is InChI=1S/C26H46N6O6/c1-15(2)20(22(28)33)31-24(35)21(16(3)4)32-23(34)19(14-17-10-6-5-7-11-17)30-26(38)29-18(25(36)37)12-8-9-13-27/h16-19,21H,5-14,27H2,1-4H3,(H2,28,33)(H,31,35)(H,32,34)(H,36,37)(H2,29,30,38)/t18-,19+,21-/m0/s1. The summed E-state index contributed by atoms with van der Waals surface area (Å²) >= 11 is 0. The van der Waals surface area contributed by atoms with Gasteiger partial charge in [0, 0.05) is 0 Å². The first-order chi connectivity index (χ1) is 17.9. The molecule has 0 aromatic carbocycles. The van der Waals surface area contributed by atoms with Gasteiger partial charge in [0.05, 0.1) is 0 Å². The van der Waals surface area contributed by atoms with Crippen LogP contribution in [0, 0.1) is 11.8 Å². The summed E-state index contributed by atoms with van der Waals surface area (Å²) in [5, 5.41) is 19.8. The largest absolute Gasteiger partial charge is 0.480 e. The molecule has 0 spiro atoms. The van der Waals surface area contributed by atoms with Gasteiger partial charge in [-0.25, -0.2) is 9.59 Å². The summed E-state index contributed by atoms with van der Waals surface area (Å²) in [6, 6.07) is -3.87. The van der Waals surface area contributed by atoms with Crippen LogP contribution in [-0.4, -0.2) is 59.5 Å². The number of carboxylic acids is 1. The molecule has 1 fully saturated rings. The van der Waals surface area contributed by atoms with Crippen molar-refractivity contribution in [1.29, 1.82) is 0 Å². The minimum Gasteiger partial charge on any atom is -0.480 e. The number of allylic oxidation sites excluding steroid dienone is 1. The Hall–Kier alpha value is -3.15. The van der Waals surface area contributed by atoms with E-state index < -0.39 is 47.8 Å². The second-order valence-corrected chi connectivity index (χ2v) is 10.5. The van der Waals surface area contributed by atoms with Crippen LogP contribution in [0.25, 0.3) is 0 Å². The molecule has 12 heteroatoms. The van der Waals surface area contributed by atoms with E-state index in [0.717, 1.165) is 32.1 Å². The zero-order chi connectivity index (χ0) is 28.8. The van der Waals surface area contributed by atoms with Crippen molar-refractivity contribution in [1.82, 2.24) is 21.3 Å². The van der Waals surface area contributed by atoms with Crippen LogP contribution in [0.1, 0.15) is 85.5 Å². The fraction of sp³-hybridized carbons (Fsp3) is 0.731. The molecule has 0 unspecified atom stereocenters. The van der Waals surface area contributed by atoms with Gasteiger partial charge in [0.2, 0.25) is 11.8 Å². The summed E-state index contributed by atoms with van der Waals surface area (Å²) in [6.45, 7) is 7.17. The quantitative estimate of drug-likeness (QED) is 0.120. The number of hydrogen-bond acceptors (Lipinski definition) is 6. The third-order valence-electron chi connectivity index (χ3n) is 6.71. The van der Waals surface area contributed by atoms with Crippen molar-refractivity contribution < 1.29 is 29.1 Å². The molecule has 1 rings (SSSR count). The number of hydrogen-bond donors (Lipinski definition) is 7. The number of carbonyl (C=O) groups excluding carboxylic acids is 4. The maximum atomic E-state index is 13.4. The predicted octanol–water partition coefficient (Wildman–Crippen LogP) is 1.24. The highest BCUT2D eigenvalue weighted by Gasteiger charge is 2.32.